The van der Waals surface area contributed by atoms with Gasteiger partial charge in [0.25, 0.3) is 0 Å². The summed E-state index contributed by atoms with van der Waals surface area (Å²) in [7, 11) is 1.88. The highest BCUT2D eigenvalue weighted by molar-refractivity contribution is 5.30. The van der Waals surface area contributed by atoms with Crippen LogP contribution in [0.15, 0.2) is 0 Å². The molecule has 2 N–H and O–H groups in total. The molecule has 2 rings (SSSR count). The molecule has 0 amide bonds. The molecule has 0 atom stereocenters. The van der Waals surface area contributed by atoms with Gasteiger partial charge in [0.2, 0.25) is 5.95 Å². The molecule has 1 heterocycles. The summed E-state index contributed by atoms with van der Waals surface area (Å²) in [6.45, 7) is 1.47. The second kappa shape index (κ2) is 5.25. The molecule has 1 saturated carbocycles. The molecule has 1 aromatic heterocycles. The van der Waals surface area contributed by atoms with Gasteiger partial charge in [0.1, 0.15) is 0 Å². The lowest BCUT2D eigenvalue weighted by Gasteiger charge is -2.33. The monoisotopic (exact) mass is 224 g/mol. The van der Waals surface area contributed by atoms with E-state index < -0.39 is 0 Å². The van der Waals surface area contributed by atoms with Gasteiger partial charge in [0, 0.05) is 26.2 Å². The van der Waals surface area contributed by atoms with Gasteiger partial charge >= 0.3 is 0 Å². The molecule has 0 radical (unpaired) electrons. The Morgan fingerprint density at radius 1 is 1.38 bits per heavy atom. The Kier molecular flexibility index (Phi) is 3.71. The van der Waals surface area contributed by atoms with E-state index in [2.05, 4.69) is 20.4 Å². The van der Waals surface area contributed by atoms with E-state index in [1.165, 1.54) is 32.1 Å². The molecule has 16 heavy (non-hydrogen) atoms. The number of anilines is 1. The van der Waals surface area contributed by atoms with Gasteiger partial charge in [0.15, 0.2) is 0 Å². The summed E-state index contributed by atoms with van der Waals surface area (Å²) in [6, 6.07) is 0.557. The van der Waals surface area contributed by atoms with Crippen LogP contribution in [0.25, 0.3) is 0 Å². The Balaban J connectivity index is 2.12. The Labute approximate surface area is 95.8 Å². The van der Waals surface area contributed by atoms with Crippen LogP contribution < -0.4 is 10.6 Å². The summed E-state index contributed by atoms with van der Waals surface area (Å²) >= 11 is 0. The summed E-state index contributed by atoms with van der Waals surface area (Å²) in [6.07, 6.45) is 6.41. The zero-order chi connectivity index (χ0) is 11.4. The van der Waals surface area contributed by atoms with E-state index in [-0.39, 0.29) is 0 Å². The third-order valence-corrected chi connectivity index (χ3v) is 3.24. The second-order valence-corrected chi connectivity index (χ2v) is 4.38. The molecular weight excluding hydrogens is 204 g/mol. The van der Waals surface area contributed by atoms with Crippen LogP contribution in [0.4, 0.5) is 5.95 Å². The Hall–Kier alpha value is -1.17. The molecule has 1 aromatic rings. The molecule has 1 aliphatic carbocycles. The Morgan fingerprint density at radius 2 is 2.12 bits per heavy atom. The maximum Gasteiger partial charge on any atom is 0.245 e. The third-order valence-electron chi connectivity index (χ3n) is 3.24. The number of aromatic nitrogens is 4. The van der Waals surface area contributed by atoms with Crippen molar-refractivity contribution in [3.05, 3.63) is 0 Å². The van der Waals surface area contributed by atoms with E-state index in [0.29, 0.717) is 12.6 Å². The standard InChI is InChI=1S/C10H20N6/c1-15-10(12-13-14-15)16(8-7-11)9-5-3-2-4-6-9/h9H,2-8,11H2,1H3. The molecule has 0 aliphatic heterocycles. The minimum Gasteiger partial charge on any atom is -0.335 e. The highest BCUT2D eigenvalue weighted by Gasteiger charge is 2.24. The summed E-state index contributed by atoms with van der Waals surface area (Å²) in [5, 5.41) is 11.7. The number of nitrogens with zero attached hydrogens (tertiary/aromatic N) is 5. The van der Waals surface area contributed by atoms with Crippen LogP contribution in [0, 0.1) is 0 Å². The number of hydrogen-bond acceptors (Lipinski definition) is 5. The maximum absolute atomic E-state index is 5.67. The first-order chi connectivity index (χ1) is 7.83. The van der Waals surface area contributed by atoms with E-state index in [1.807, 2.05) is 7.05 Å². The van der Waals surface area contributed by atoms with Crippen LogP contribution in [0.2, 0.25) is 0 Å². The van der Waals surface area contributed by atoms with Gasteiger partial charge in [-0.15, -0.1) is 0 Å². The average molecular weight is 224 g/mol. The molecule has 0 unspecified atom stereocenters. The van der Waals surface area contributed by atoms with Crippen LogP contribution in [0.3, 0.4) is 0 Å². The van der Waals surface area contributed by atoms with Gasteiger partial charge < -0.3 is 10.6 Å². The first kappa shape index (κ1) is 11.3. The van der Waals surface area contributed by atoms with Gasteiger partial charge in [-0.3, -0.25) is 0 Å². The normalized spacial score (nSPS) is 17.6. The van der Waals surface area contributed by atoms with Crippen molar-refractivity contribution >= 4 is 5.95 Å². The van der Waals surface area contributed by atoms with Crippen LogP contribution in [-0.4, -0.2) is 39.3 Å². The van der Waals surface area contributed by atoms with Gasteiger partial charge in [0.05, 0.1) is 0 Å². The number of nitrogens with two attached hydrogens (primary N) is 1. The van der Waals surface area contributed by atoms with Gasteiger partial charge in [-0.25, -0.2) is 4.68 Å². The van der Waals surface area contributed by atoms with Gasteiger partial charge in [-0.1, -0.05) is 24.4 Å². The van der Waals surface area contributed by atoms with E-state index in [4.69, 9.17) is 5.73 Å². The molecule has 90 valence electrons. The Morgan fingerprint density at radius 3 is 2.69 bits per heavy atom. The molecule has 0 aromatic carbocycles. The molecule has 6 nitrogen and oxygen atoms in total. The summed E-state index contributed by atoms with van der Waals surface area (Å²) in [5.41, 5.74) is 5.67. The zero-order valence-electron chi connectivity index (χ0n) is 9.84. The van der Waals surface area contributed by atoms with Crippen molar-refractivity contribution < 1.29 is 0 Å². The van der Waals surface area contributed by atoms with Crippen LogP contribution in [0.5, 0.6) is 0 Å². The molecule has 6 heteroatoms. The lowest BCUT2D eigenvalue weighted by atomic mass is 9.94. The first-order valence-corrected chi connectivity index (χ1v) is 6.02. The van der Waals surface area contributed by atoms with Crippen LogP contribution in [0.1, 0.15) is 32.1 Å². The maximum atomic E-state index is 5.67. The highest BCUT2D eigenvalue weighted by atomic mass is 15.6. The van der Waals surface area contributed by atoms with Crippen molar-refractivity contribution in [1.82, 2.24) is 20.2 Å². The van der Waals surface area contributed by atoms with Gasteiger partial charge in [-0.2, -0.15) is 0 Å². The minimum atomic E-state index is 0.557. The van der Waals surface area contributed by atoms with Gasteiger partial charge in [-0.05, 0) is 23.3 Å². The molecule has 0 spiro atoms. The average Bonchev–Trinajstić information content (AvgIpc) is 2.73. The molecule has 0 saturated heterocycles. The molecule has 0 bridgehead atoms. The minimum absolute atomic E-state index is 0.557. The largest absolute Gasteiger partial charge is 0.335 e. The predicted molar refractivity (Wildman–Crippen MR) is 62.1 cm³/mol. The number of hydrogen-bond donors (Lipinski definition) is 1. The molecule has 1 aliphatic rings. The smallest absolute Gasteiger partial charge is 0.245 e. The SMILES string of the molecule is Cn1nnnc1N(CCN)C1CCCCC1. The van der Waals surface area contributed by atoms with Crippen molar-refractivity contribution in [3.8, 4) is 0 Å². The number of tetrazole rings is 1. The lowest BCUT2D eigenvalue weighted by Crippen LogP contribution is -2.41. The summed E-state index contributed by atoms with van der Waals surface area (Å²) in [5.74, 6) is 0.845. The van der Waals surface area contributed by atoms with Crippen molar-refractivity contribution in [2.45, 2.75) is 38.1 Å². The topological polar surface area (TPSA) is 72.9 Å². The fourth-order valence-electron chi connectivity index (χ4n) is 2.45. The van der Waals surface area contributed by atoms with Crippen molar-refractivity contribution in [2.75, 3.05) is 18.0 Å². The number of aryl methyl sites for hydroxylation is 1. The summed E-state index contributed by atoms with van der Waals surface area (Å²) in [4.78, 5) is 2.26. The van der Waals surface area contributed by atoms with Crippen molar-refractivity contribution in [1.29, 1.82) is 0 Å². The van der Waals surface area contributed by atoms with E-state index in [9.17, 15) is 0 Å². The first-order valence-electron chi connectivity index (χ1n) is 6.02. The summed E-state index contributed by atoms with van der Waals surface area (Å²) < 4.78 is 1.73. The fourth-order valence-corrected chi connectivity index (χ4v) is 2.45. The molecule has 1 fully saturated rings. The fraction of sp³-hybridized carbons (Fsp3) is 0.900. The predicted octanol–water partition coefficient (Wildman–Crippen LogP) is 0.308. The van der Waals surface area contributed by atoms with E-state index in [1.54, 1.807) is 4.68 Å². The van der Waals surface area contributed by atoms with E-state index in [0.717, 1.165) is 12.5 Å². The molecular formula is C10H20N6. The van der Waals surface area contributed by atoms with Crippen LogP contribution >= 0.6 is 0 Å². The van der Waals surface area contributed by atoms with Crippen molar-refractivity contribution in [3.63, 3.8) is 0 Å². The zero-order valence-corrected chi connectivity index (χ0v) is 9.84. The van der Waals surface area contributed by atoms with Crippen LogP contribution in [-0.2, 0) is 7.05 Å². The second-order valence-electron chi connectivity index (χ2n) is 4.38. The van der Waals surface area contributed by atoms with E-state index >= 15 is 0 Å². The highest BCUT2D eigenvalue weighted by Crippen LogP contribution is 2.25. The lowest BCUT2D eigenvalue weighted by molar-refractivity contribution is 0.409. The Bertz CT molecular complexity index is 317. The third kappa shape index (κ3) is 2.32. The quantitative estimate of drug-likeness (QED) is 0.796. The number of rotatable bonds is 4. The van der Waals surface area contributed by atoms with Crippen molar-refractivity contribution in [2.24, 2.45) is 12.8 Å².